The van der Waals surface area contributed by atoms with E-state index in [0.717, 1.165) is 21.3 Å². The minimum absolute atomic E-state index is 0.00555. The van der Waals surface area contributed by atoms with Crippen LogP contribution in [0.1, 0.15) is 12.7 Å². The molecule has 0 bridgehead atoms. The highest BCUT2D eigenvalue weighted by molar-refractivity contribution is 14.1. The number of anilines is 1. The Hall–Kier alpha value is -2.00. The molecule has 1 aromatic heterocycles. The molecule has 0 saturated carbocycles. The number of fused-ring (bicyclic) bond motifs is 1. The van der Waals surface area contributed by atoms with E-state index in [1.54, 1.807) is 4.57 Å². The summed E-state index contributed by atoms with van der Waals surface area (Å²) in [5.41, 5.74) is 1.69. The summed E-state index contributed by atoms with van der Waals surface area (Å²) in [6, 6.07) is 15.6. The molecule has 0 fully saturated rings. The second kappa shape index (κ2) is 8.79. The van der Waals surface area contributed by atoms with Crippen molar-refractivity contribution in [2.24, 2.45) is 0 Å². The first-order chi connectivity index (χ1) is 13.0. The summed E-state index contributed by atoms with van der Waals surface area (Å²) in [5, 5.41) is 4.55. The van der Waals surface area contributed by atoms with Gasteiger partial charge in [-0.2, -0.15) is 0 Å². The maximum absolute atomic E-state index is 12.9. The number of aryl methyl sites for hydroxylation is 1. The zero-order valence-electron chi connectivity index (χ0n) is 15.3. The minimum Gasteiger partial charge on any atom is -0.348 e. The molecule has 0 amide bonds. The first kappa shape index (κ1) is 19.8. The van der Waals surface area contributed by atoms with E-state index in [1.165, 1.54) is 0 Å². The van der Waals surface area contributed by atoms with Crippen molar-refractivity contribution in [3.8, 4) is 0 Å². The molecule has 0 atom stereocenters. The van der Waals surface area contributed by atoms with Gasteiger partial charge in [-0.15, -0.1) is 0 Å². The van der Waals surface area contributed by atoms with Crippen LogP contribution in [0.15, 0.2) is 53.3 Å². The van der Waals surface area contributed by atoms with E-state index in [4.69, 9.17) is 12.2 Å². The molecule has 0 unspecified atom stereocenters. The summed E-state index contributed by atoms with van der Waals surface area (Å²) in [5.74, 6) is 0.715. The Kier molecular flexibility index (Phi) is 6.43. The van der Waals surface area contributed by atoms with Gasteiger partial charge in [0.2, 0.25) is 0 Å². The monoisotopic (exact) mass is 492 g/mol. The van der Waals surface area contributed by atoms with E-state index in [0.29, 0.717) is 29.4 Å². The maximum atomic E-state index is 12.9. The van der Waals surface area contributed by atoms with Crippen LogP contribution in [-0.2, 0) is 6.54 Å². The van der Waals surface area contributed by atoms with E-state index >= 15 is 0 Å². The van der Waals surface area contributed by atoms with Gasteiger partial charge >= 0.3 is 0 Å². The van der Waals surface area contributed by atoms with Crippen molar-refractivity contribution in [2.45, 2.75) is 20.4 Å². The molecule has 7 heteroatoms. The van der Waals surface area contributed by atoms with Gasteiger partial charge in [0.1, 0.15) is 5.82 Å². The lowest BCUT2D eigenvalue weighted by Crippen LogP contribution is -2.38. The standard InChI is InChI=1S/C20H21IN4OS/c1-3-24(20(27)23-16-7-5-4-6-8-16)11-12-25-14(2)22-18-10-9-15(21)13-17(18)19(25)26/h4-10,13H,3,11-12H2,1-2H3,(H,23,27). The Bertz CT molecular complexity index is 1020. The Morgan fingerprint density at radius 1 is 1.26 bits per heavy atom. The molecule has 0 saturated heterocycles. The maximum Gasteiger partial charge on any atom is 0.261 e. The second-order valence-corrected chi connectivity index (χ2v) is 7.79. The highest BCUT2D eigenvalue weighted by Crippen LogP contribution is 2.13. The van der Waals surface area contributed by atoms with Gasteiger partial charge in [-0.05, 0) is 79.0 Å². The van der Waals surface area contributed by atoms with E-state index in [2.05, 4.69) is 39.8 Å². The average Bonchev–Trinajstić information content (AvgIpc) is 2.66. The van der Waals surface area contributed by atoms with Gasteiger partial charge in [-0.1, -0.05) is 18.2 Å². The van der Waals surface area contributed by atoms with Gasteiger partial charge < -0.3 is 10.2 Å². The van der Waals surface area contributed by atoms with E-state index < -0.39 is 0 Å². The highest BCUT2D eigenvalue weighted by Gasteiger charge is 2.12. The number of hydrogen-bond acceptors (Lipinski definition) is 3. The first-order valence-corrected chi connectivity index (χ1v) is 10.3. The fourth-order valence-corrected chi connectivity index (χ4v) is 3.74. The summed E-state index contributed by atoms with van der Waals surface area (Å²) in [7, 11) is 0. The fraction of sp³-hybridized carbons (Fsp3) is 0.250. The van der Waals surface area contributed by atoms with E-state index in [1.807, 2.05) is 60.4 Å². The number of nitrogens with one attached hydrogen (secondary N) is 1. The van der Waals surface area contributed by atoms with Crippen molar-refractivity contribution < 1.29 is 0 Å². The first-order valence-electron chi connectivity index (χ1n) is 8.77. The predicted molar refractivity (Wildman–Crippen MR) is 123 cm³/mol. The third-order valence-electron chi connectivity index (χ3n) is 4.39. The van der Waals surface area contributed by atoms with Crippen LogP contribution in [0.3, 0.4) is 0 Å². The SMILES string of the molecule is CCN(CCn1c(C)nc2ccc(I)cc2c1=O)C(=S)Nc1ccccc1. The van der Waals surface area contributed by atoms with Crippen LogP contribution in [0, 0.1) is 10.5 Å². The third kappa shape index (κ3) is 4.65. The van der Waals surface area contributed by atoms with Gasteiger partial charge in [0, 0.05) is 28.9 Å². The number of aromatic nitrogens is 2. The molecule has 1 N–H and O–H groups in total. The zero-order chi connectivity index (χ0) is 19.4. The molecule has 27 heavy (non-hydrogen) atoms. The number of rotatable bonds is 5. The number of nitrogens with zero attached hydrogens (tertiary/aromatic N) is 3. The quantitative estimate of drug-likeness (QED) is 0.431. The topological polar surface area (TPSA) is 50.2 Å². The molecule has 3 rings (SSSR count). The Morgan fingerprint density at radius 2 is 2.00 bits per heavy atom. The van der Waals surface area contributed by atoms with Crippen molar-refractivity contribution in [1.82, 2.24) is 14.5 Å². The van der Waals surface area contributed by atoms with Crippen LogP contribution in [0.5, 0.6) is 0 Å². The molecule has 140 valence electrons. The van der Waals surface area contributed by atoms with Crippen molar-refractivity contribution in [2.75, 3.05) is 18.4 Å². The molecule has 2 aromatic carbocycles. The van der Waals surface area contributed by atoms with Crippen molar-refractivity contribution in [3.63, 3.8) is 0 Å². The molecule has 3 aromatic rings. The molecule has 0 aliphatic rings. The normalized spacial score (nSPS) is 10.8. The highest BCUT2D eigenvalue weighted by atomic mass is 127. The van der Waals surface area contributed by atoms with Gasteiger partial charge in [0.05, 0.1) is 10.9 Å². The van der Waals surface area contributed by atoms with Gasteiger partial charge in [-0.25, -0.2) is 4.98 Å². The summed E-state index contributed by atoms with van der Waals surface area (Å²) in [6.07, 6.45) is 0. The van der Waals surface area contributed by atoms with Crippen molar-refractivity contribution in [3.05, 3.63) is 68.3 Å². The van der Waals surface area contributed by atoms with Crippen LogP contribution >= 0.6 is 34.8 Å². The van der Waals surface area contributed by atoms with Crippen LogP contribution < -0.4 is 10.9 Å². The summed E-state index contributed by atoms with van der Waals surface area (Å²) in [4.78, 5) is 19.6. The van der Waals surface area contributed by atoms with Crippen LogP contribution in [-0.4, -0.2) is 32.7 Å². The number of halogens is 1. The minimum atomic E-state index is -0.00555. The lowest BCUT2D eigenvalue weighted by atomic mass is 10.2. The van der Waals surface area contributed by atoms with E-state index in [9.17, 15) is 4.79 Å². The van der Waals surface area contributed by atoms with E-state index in [-0.39, 0.29) is 5.56 Å². The molecule has 0 radical (unpaired) electrons. The average molecular weight is 492 g/mol. The summed E-state index contributed by atoms with van der Waals surface area (Å²) in [6.45, 7) is 5.84. The molecule has 0 spiro atoms. The summed E-state index contributed by atoms with van der Waals surface area (Å²) >= 11 is 7.76. The number of hydrogen-bond donors (Lipinski definition) is 1. The van der Waals surface area contributed by atoms with Gasteiger partial charge in [-0.3, -0.25) is 9.36 Å². The van der Waals surface area contributed by atoms with Crippen LogP contribution in [0.2, 0.25) is 0 Å². The number of likely N-dealkylation sites (N-methyl/N-ethyl adjacent to an activating group) is 1. The molecular formula is C20H21IN4OS. The van der Waals surface area contributed by atoms with Crippen LogP contribution in [0.25, 0.3) is 10.9 Å². The largest absolute Gasteiger partial charge is 0.348 e. The lowest BCUT2D eigenvalue weighted by Gasteiger charge is -2.25. The predicted octanol–water partition coefficient (Wildman–Crippen LogP) is 4.03. The molecule has 5 nitrogen and oxygen atoms in total. The van der Waals surface area contributed by atoms with Gasteiger partial charge in [0.15, 0.2) is 5.11 Å². The number of thiocarbonyl (C=S) groups is 1. The molecular weight excluding hydrogens is 471 g/mol. The zero-order valence-corrected chi connectivity index (χ0v) is 18.3. The fourth-order valence-electron chi connectivity index (χ4n) is 2.92. The molecule has 0 aliphatic heterocycles. The smallest absolute Gasteiger partial charge is 0.261 e. The summed E-state index contributed by atoms with van der Waals surface area (Å²) < 4.78 is 2.75. The van der Waals surface area contributed by atoms with Crippen molar-refractivity contribution >= 4 is 56.5 Å². The second-order valence-electron chi connectivity index (χ2n) is 6.15. The number of para-hydroxylation sites is 1. The Morgan fingerprint density at radius 3 is 2.70 bits per heavy atom. The Balaban J connectivity index is 1.78. The van der Waals surface area contributed by atoms with Crippen LogP contribution in [0.4, 0.5) is 5.69 Å². The van der Waals surface area contributed by atoms with Crippen molar-refractivity contribution in [1.29, 1.82) is 0 Å². The lowest BCUT2D eigenvalue weighted by molar-refractivity contribution is 0.410. The third-order valence-corrected chi connectivity index (χ3v) is 5.43. The van der Waals surface area contributed by atoms with Gasteiger partial charge in [0.25, 0.3) is 5.56 Å². The number of benzene rings is 2. The molecule has 0 aliphatic carbocycles. The molecule has 1 heterocycles. The Labute approximate surface area is 177 Å².